The number of piperidine rings is 1. The number of nitrogens with zero attached hydrogens (tertiary/aromatic N) is 1. The zero-order valence-corrected chi connectivity index (χ0v) is 16.8. The number of unbranched alkanes of at least 4 members (excludes halogenated alkanes) is 1. The van der Waals surface area contributed by atoms with Crippen molar-refractivity contribution < 1.29 is 24.2 Å². The fourth-order valence-electron chi connectivity index (χ4n) is 3.67. The van der Waals surface area contributed by atoms with Gasteiger partial charge in [-0.25, -0.2) is 4.79 Å². The van der Waals surface area contributed by atoms with Gasteiger partial charge in [-0.05, 0) is 50.5 Å². The minimum Gasteiger partial charge on any atom is -0.467 e. The third kappa shape index (κ3) is 7.98. The van der Waals surface area contributed by atoms with Crippen LogP contribution in [0.3, 0.4) is 0 Å². The molecule has 0 saturated carbocycles. The quantitative estimate of drug-likeness (QED) is 0.438. The van der Waals surface area contributed by atoms with E-state index in [9.17, 15) is 14.7 Å². The van der Waals surface area contributed by atoms with Crippen LogP contribution in [0.5, 0.6) is 0 Å². The lowest BCUT2D eigenvalue weighted by Crippen LogP contribution is -2.44. The maximum atomic E-state index is 12.4. The topological polar surface area (TPSA) is 76.1 Å². The van der Waals surface area contributed by atoms with Gasteiger partial charge < -0.3 is 19.5 Å². The van der Waals surface area contributed by atoms with Crippen molar-refractivity contribution in [1.82, 2.24) is 4.90 Å². The number of aliphatic hydroxyl groups excluding tert-OH is 1. The van der Waals surface area contributed by atoms with Gasteiger partial charge in [0.15, 0.2) is 0 Å². The molecule has 0 spiro atoms. The van der Waals surface area contributed by atoms with E-state index in [0.717, 1.165) is 37.7 Å². The first-order chi connectivity index (χ1) is 13.6. The fraction of sp³-hybridized carbons (Fsp3) is 0.636. The second-order valence-corrected chi connectivity index (χ2v) is 7.39. The second-order valence-electron chi connectivity index (χ2n) is 7.39. The van der Waals surface area contributed by atoms with Crippen molar-refractivity contribution in [3.05, 3.63) is 35.9 Å². The lowest BCUT2D eigenvalue weighted by atomic mass is 9.94. The number of esters is 1. The molecule has 1 aromatic carbocycles. The molecule has 2 rings (SSSR count). The van der Waals surface area contributed by atoms with Gasteiger partial charge in [-0.15, -0.1) is 0 Å². The van der Waals surface area contributed by atoms with Gasteiger partial charge in [0.25, 0.3) is 0 Å². The molecular formula is C22H33NO5. The molecule has 6 nitrogen and oxygen atoms in total. The number of rotatable bonds is 12. The third-order valence-electron chi connectivity index (χ3n) is 5.22. The summed E-state index contributed by atoms with van der Waals surface area (Å²) < 4.78 is 9.78. The smallest absolute Gasteiger partial charge is 0.331 e. The number of carbonyl (C=O) groups is 2. The van der Waals surface area contributed by atoms with Crippen molar-refractivity contribution in [3.63, 3.8) is 0 Å². The fourth-order valence-corrected chi connectivity index (χ4v) is 3.67. The molecule has 1 aliphatic rings. The average Bonchev–Trinajstić information content (AvgIpc) is 2.70. The monoisotopic (exact) mass is 391 g/mol. The first kappa shape index (κ1) is 22.4. The maximum Gasteiger partial charge on any atom is 0.331 e. The average molecular weight is 392 g/mol. The molecule has 0 aromatic heterocycles. The van der Waals surface area contributed by atoms with Crippen LogP contribution < -0.4 is 0 Å². The van der Waals surface area contributed by atoms with Crippen LogP contribution in [-0.2, 0) is 25.5 Å². The van der Waals surface area contributed by atoms with E-state index in [1.807, 2.05) is 35.2 Å². The number of benzene rings is 1. The van der Waals surface area contributed by atoms with Crippen molar-refractivity contribution in [2.24, 2.45) is 0 Å². The van der Waals surface area contributed by atoms with E-state index in [1.54, 1.807) is 0 Å². The Balaban J connectivity index is 1.70. The van der Waals surface area contributed by atoms with E-state index in [-0.39, 0.29) is 30.6 Å². The molecular weight excluding hydrogens is 358 g/mol. The Kier molecular flexibility index (Phi) is 10.0. The Labute approximate surface area is 167 Å². The van der Waals surface area contributed by atoms with Gasteiger partial charge in [-0.1, -0.05) is 30.3 Å². The summed E-state index contributed by atoms with van der Waals surface area (Å²) in [4.78, 5) is 25.3. The zero-order chi connectivity index (χ0) is 20.2. The number of hydrogen-bond acceptors (Lipinski definition) is 5. The molecule has 6 heteroatoms. The highest BCUT2D eigenvalue weighted by Crippen LogP contribution is 2.23. The third-order valence-corrected chi connectivity index (χ3v) is 5.22. The molecule has 156 valence electrons. The molecule has 1 amide bonds. The largest absolute Gasteiger partial charge is 0.467 e. The minimum absolute atomic E-state index is 0.0267. The predicted octanol–water partition coefficient (Wildman–Crippen LogP) is 2.72. The molecule has 1 N–H and O–H groups in total. The van der Waals surface area contributed by atoms with Crippen molar-refractivity contribution in [2.45, 2.75) is 63.5 Å². The number of aliphatic hydroxyl groups is 1. The molecule has 1 aliphatic heterocycles. The molecule has 1 saturated heterocycles. The molecule has 1 heterocycles. The Bertz CT molecular complexity index is 592. The van der Waals surface area contributed by atoms with Crippen LogP contribution in [0.4, 0.5) is 0 Å². The summed E-state index contributed by atoms with van der Waals surface area (Å²) in [6, 6.07) is 10.2. The molecule has 0 aliphatic carbocycles. The molecule has 28 heavy (non-hydrogen) atoms. The van der Waals surface area contributed by atoms with Crippen LogP contribution in [0, 0.1) is 0 Å². The number of methoxy groups -OCH3 is 1. The van der Waals surface area contributed by atoms with Gasteiger partial charge in [-0.3, -0.25) is 4.79 Å². The molecule has 1 fully saturated rings. The highest BCUT2D eigenvalue weighted by Gasteiger charge is 2.27. The van der Waals surface area contributed by atoms with Crippen molar-refractivity contribution >= 4 is 11.9 Å². The minimum atomic E-state index is -0.381. The standard InChI is InChI=1S/C22H33NO5/c1-27-22(26)17-28-15-6-5-14-23-19(10-7-11-21(23)25)12-13-20(24)16-18-8-3-2-4-9-18/h2-4,8-9,19-20,24H,5-7,10-17H2,1H3/t19-,20?/m1/s1. The van der Waals surface area contributed by atoms with E-state index in [2.05, 4.69) is 4.74 Å². The number of hydrogen-bond donors (Lipinski definition) is 1. The summed E-state index contributed by atoms with van der Waals surface area (Å²) in [7, 11) is 1.34. The van der Waals surface area contributed by atoms with Crippen LogP contribution in [-0.4, -0.2) is 60.9 Å². The Hall–Kier alpha value is -1.92. The van der Waals surface area contributed by atoms with Crippen LogP contribution in [0.2, 0.25) is 0 Å². The Morgan fingerprint density at radius 2 is 2.07 bits per heavy atom. The second kappa shape index (κ2) is 12.5. The first-order valence-corrected chi connectivity index (χ1v) is 10.3. The predicted molar refractivity (Wildman–Crippen MR) is 107 cm³/mol. The summed E-state index contributed by atoms with van der Waals surface area (Å²) in [5.41, 5.74) is 1.14. The van der Waals surface area contributed by atoms with Crippen molar-refractivity contribution in [3.8, 4) is 0 Å². The summed E-state index contributed by atoms with van der Waals surface area (Å²) in [5.74, 6) is -0.162. The molecule has 0 bridgehead atoms. The summed E-state index contributed by atoms with van der Waals surface area (Å²) in [6.45, 7) is 1.17. The summed E-state index contributed by atoms with van der Waals surface area (Å²) in [6.07, 6.45) is 5.98. The Morgan fingerprint density at radius 1 is 1.29 bits per heavy atom. The van der Waals surface area contributed by atoms with E-state index >= 15 is 0 Å². The van der Waals surface area contributed by atoms with E-state index in [4.69, 9.17) is 4.74 Å². The van der Waals surface area contributed by atoms with Gasteiger partial charge in [0.2, 0.25) is 5.91 Å². The molecule has 1 unspecified atom stereocenters. The lowest BCUT2D eigenvalue weighted by molar-refractivity contribution is -0.145. The van der Waals surface area contributed by atoms with E-state index < -0.39 is 0 Å². The van der Waals surface area contributed by atoms with E-state index in [0.29, 0.717) is 32.4 Å². The van der Waals surface area contributed by atoms with Crippen molar-refractivity contribution in [2.75, 3.05) is 26.9 Å². The number of likely N-dealkylation sites (tertiary alicyclic amines) is 1. The van der Waals surface area contributed by atoms with Gasteiger partial charge in [-0.2, -0.15) is 0 Å². The Morgan fingerprint density at radius 3 is 2.82 bits per heavy atom. The maximum absolute atomic E-state index is 12.4. The molecule has 2 atom stereocenters. The van der Waals surface area contributed by atoms with Gasteiger partial charge >= 0.3 is 5.97 Å². The molecule has 1 aromatic rings. The number of ether oxygens (including phenoxy) is 2. The van der Waals surface area contributed by atoms with Gasteiger partial charge in [0.1, 0.15) is 6.61 Å². The first-order valence-electron chi connectivity index (χ1n) is 10.3. The highest BCUT2D eigenvalue weighted by atomic mass is 16.6. The number of amides is 1. The number of carbonyl (C=O) groups excluding carboxylic acids is 2. The van der Waals surface area contributed by atoms with Crippen molar-refractivity contribution in [1.29, 1.82) is 0 Å². The molecule has 0 radical (unpaired) electrons. The van der Waals surface area contributed by atoms with E-state index in [1.165, 1.54) is 7.11 Å². The van der Waals surface area contributed by atoms with Crippen LogP contribution in [0.15, 0.2) is 30.3 Å². The lowest BCUT2D eigenvalue weighted by Gasteiger charge is -2.36. The summed E-state index contributed by atoms with van der Waals surface area (Å²) >= 11 is 0. The highest BCUT2D eigenvalue weighted by molar-refractivity contribution is 5.77. The zero-order valence-electron chi connectivity index (χ0n) is 16.8. The van der Waals surface area contributed by atoms with Gasteiger partial charge in [0.05, 0.1) is 13.2 Å². The normalized spacial score (nSPS) is 18.1. The van der Waals surface area contributed by atoms with Crippen LogP contribution in [0.1, 0.15) is 50.5 Å². The van der Waals surface area contributed by atoms with Crippen LogP contribution in [0.25, 0.3) is 0 Å². The van der Waals surface area contributed by atoms with Gasteiger partial charge in [0, 0.05) is 25.6 Å². The SMILES string of the molecule is COC(=O)COCCCCN1C(=O)CCC[C@@H]1CCC(O)Cc1ccccc1. The summed E-state index contributed by atoms with van der Waals surface area (Å²) in [5, 5.41) is 10.4. The van der Waals surface area contributed by atoms with Crippen LogP contribution >= 0.6 is 0 Å².